The molecular formula is C14H12O. The van der Waals surface area contributed by atoms with Gasteiger partial charge in [0.05, 0.1) is 0 Å². The molecule has 1 aliphatic carbocycles. The molecule has 0 unspecified atom stereocenters. The van der Waals surface area contributed by atoms with E-state index < -0.39 is 0 Å². The summed E-state index contributed by atoms with van der Waals surface area (Å²) in [5, 5.41) is 12.2. The Morgan fingerprint density at radius 1 is 1.13 bits per heavy atom. The van der Waals surface area contributed by atoms with Crippen LogP contribution in [0.5, 0.6) is 5.75 Å². The molecule has 74 valence electrons. The van der Waals surface area contributed by atoms with E-state index in [1.165, 1.54) is 5.56 Å². The first-order chi connectivity index (χ1) is 7.36. The Labute approximate surface area is 88.7 Å². The van der Waals surface area contributed by atoms with Gasteiger partial charge in [-0.3, -0.25) is 0 Å². The molecule has 0 aromatic heterocycles. The zero-order chi connectivity index (χ0) is 10.3. The molecule has 0 bridgehead atoms. The topological polar surface area (TPSA) is 20.2 Å². The highest BCUT2D eigenvalue weighted by atomic mass is 16.3. The Morgan fingerprint density at radius 2 is 2.00 bits per heavy atom. The first-order valence-electron chi connectivity index (χ1n) is 5.26. The van der Waals surface area contributed by atoms with E-state index in [2.05, 4.69) is 12.1 Å². The number of phenolic OH excluding ortho intramolecular Hbond substituents is 1. The Hall–Kier alpha value is -1.76. The van der Waals surface area contributed by atoms with Crippen molar-refractivity contribution in [3.63, 3.8) is 0 Å². The van der Waals surface area contributed by atoms with E-state index in [0.717, 1.165) is 29.2 Å². The minimum Gasteiger partial charge on any atom is -0.507 e. The van der Waals surface area contributed by atoms with Gasteiger partial charge in [0.2, 0.25) is 0 Å². The van der Waals surface area contributed by atoms with Crippen LogP contribution in [0.2, 0.25) is 0 Å². The first kappa shape index (κ1) is 8.54. The Balaban J connectivity index is 2.42. The number of phenols is 1. The van der Waals surface area contributed by atoms with Crippen molar-refractivity contribution in [3.8, 4) is 5.75 Å². The average Bonchev–Trinajstić information content (AvgIpc) is 2.30. The largest absolute Gasteiger partial charge is 0.507 e. The van der Waals surface area contributed by atoms with Crippen molar-refractivity contribution in [3.05, 3.63) is 47.5 Å². The van der Waals surface area contributed by atoms with E-state index >= 15 is 0 Å². The molecule has 1 N–H and O–H groups in total. The summed E-state index contributed by atoms with van der Waals surface area (Å²) in [7, 11) is 0. The van der Waals surface area contributed by atoms with E-state index in [9.17, 15) is 5.11 Å². The van der Waals surface area contributed by atoms with Crippen LogP contribution in [0.3, 0.4) is 0 Å². The second kappa shape index (κ2) is 3.13. The number of allylic oxidation sites excluding steroid dienone is 1. The van der Waals surface area contributed by atoms with E-state index in [-0.39, 0.29) is 0 Å². The highest BCUT2D eigenvalue weighted by Crippen LogP contribution is 2.35. The van der Waals surface area contributed by atoms with Crippen molar-refractivity contribution in [2.24, 2.45) is 0 Å². The van der Waals surface area contributed by atoms with E-state index in [4.69, 9.17) is 0 Å². The van der Waals surface area contributed by atoms with Crippen molar-refractivity contribution in [2.75, 3.05) is 0 Å². The van der Waals surface area contributed by atoms with Crippen LogP contribution >= 0.6 is 0 Å². The number of fused-ring (bicyclic) bond motifs is 2. The van der Waals surface area contributed by atoms with Crippen molar-refractivity contribution < 1.29 is 5.11 Å². The Bertz CT molecular complexity index is 553. The predicted octanol–water partition coefficient (Wildman–Crippen LogP) is 3.50. The molecule has 0 radical (unpaired) electrons. The molecule has 0 spiro atoms. The fourth-order valence-electron chi connectivity index (χ4n) is 2.23. The van der Waals surface area contributed by atoms with Crippen molar-refractivity contribution in [1.82, 2.24) is 0 Å². The molecule has 3 rings (SSSR count). The molecule has 1 heteroatoms. The second-order valence-electron chi connectivity index (χ2n) is 3.96. The summed E-state index contributed by atoms with van der Waals surface area (Å²) in [4.78, 5) is 0. The molecule has 0 aliphatic heterocycles. The summed E-state index contributed by atoms with van der Waals surface area (Å²) in [6.45, 7) is 0. The maximum absolute atomic E-state index is 10.1. The maximum Gasteiger partial charge on any atom is 0.130 e. The minimum atomic E-state index is 0.430. The number of rotatable bonds is 0. The van der Waals surface area contributed by atoms with Gasteiger partial charge >= 0.3 is 0 Å². The summed E-state index contributed by atoms with van der Waals surface area (Å²) in [6.07, 6.45) is 6.26. The van der Waals surface area contributed by atoms with E-state index in [0.29, 0.717) is 5.75 Å². The smallest absolute Gasteiger partial charge is 0.130 e. The van der Waals surface area contributed by atoms with Gasteiger partial charge < -0.3 is 5.11 Å². The van der Waals surface area contributed by atoms with Crippen LogP contribution in [-0.4, -0.2) is 5.11 Å². The van der Waals surface area contributed by atoms with Crippen LogP contribution in [0.15, 0.2) is 36.4 Å². The van der Waals surface area contributed by atoms with E-state index in [1.54, 1.807) is 0 Å². The van der Waals surface area contributed by atoms with Gasteiger partial charge in [0.15, 0.2) is 0 Å². The second-order valence-corrected chi connectivity index (χ2v) is 3.96. The third kappa shape index (κ3) is 1.23. The van der Waals surface area contributed by atoms with Gasteiger partial charge in [0.1, 0.15) is 5.75 Å². The van der Waals surface area contributed by atoms with Crippen LogP contribution in [0.25, 0.3) is 16.8 Å². The maximum atomic E-state index is 10.1. The number of aryl methyl sites for hydroxylation is 1. The summed E-state index contributed by atoms with van der Waals surface area (Å²) in [5.74, 6) is 0.430. The number of benzene rings is 2. The van der Waals surface area contributed by atoms with Crippen LogP contribution < -0.4 is 0 Å². The average molecular weight is 196 g/mol. The Kier molecular flexibility index (Phi) is 1.78. The fourth-order valence-corrected chi connectivity index (χ4v) is 2.23. The van der Waals surface area contributed by atoms with Gasteiger partial charge in [-0.25, -0.2) is 0 Å². The number of hydrogen-bond donors (Lipinski definition) is 1. The van der Waals surface area contributed by atoms with Crippen LogP contribution in [0, 0.1) is 0 Å². The fraction of sp³-hybridized carbons (Fsp3) is 0.143. The monoisotopic (exact) mass is 196 g/mol. The number of hydrogen-bond acceptors (Lipinski definition) is 1. The molecular weight excluding hydrogens is 184 g/mol. The van der Waals surface area contributed by atoms with E-state index in [1.807, 2.05) is 30.3 Å². The lowest BCUT2D eigenvalue weighted by Gasteiger charge is -2.14. The minimum absolute atomic E-state index is 0.430. The zero-order valence-corrected chi connectivity index (χ0v) is 8.40. The van der Waals surface area contributed by atoms with Gasteiger partial charge in [0.25, 0.3) is 0 Å². The molecule has 15 heavy (non-hydrogen) atoms. The van der Waals surface area contributed by atoms with Crippen LogP contribution in [-0.2, 0) is 6.42 Å². The molecule has 1 aliphatic rings. The molecule has 0 atom stereocenters. The van der Waals surface area contributed by atoms with Gasteiger partial charge in [-0.15, -0.1) is 0 Å². The van der Waals surface area contributed by atoms with Gasteiger partial charge in [-0.05, 0) is 23.8 Å². The summed E-state index contributed by atoms with van der Waals surface area (Å²) < 4.78 is 0. The lowest BCUT2D eigenvalue weighted by Crippen LogP contribution is -1.94. The summed E-state index contributed by atoms with van der Waals surface area (Å²) in [6, 6.07) is 10.2. The summed E-state index contributed by atoms with van der Waals surface area (Å²) in [5.41, 5.74) is 2.26. The lowest BCUT2D eigenvalue weighted by atomic mass is 9.93. The third-order valence-corrected chi connectivity index (χ3v) is 3.01. The standard InChI is InChI=1S/C14H12O/c15-14-12-7-3-1-5-10(12)9-11-6-2-4-8-13(11)14/h1,3-5,7-9,15H,2,6H2. The lowest BCUT2D eigenvalue weighted by molar-refractivity contribution is 0.479. The number of aromatic hydroxyl groups is 1. The molecule has 0 amide bonds. The SMILES string of the molecule is Oc1c2c(cc3ccccc13)CCC=C2. The van der Waals surface area contributed by atoms with Crippen LogP contribution in [0.4, 0.5) is 0 Å². The molecule has 2 aromatic rings. The quantitative estimate of drug-likeness (QED) is 0.683. The molecule has 1 nitrogen and oxygen atoms in total. The van der Waals surface area contributed by atoms with Gasteiger partial charge in [0, 0.05) is 10.9 Å². The third-order valence-electron chi connectivity index (χ3n) is 3.01. The highest BCUT2D eigenvalue weighted by molar-refractivity contribution is 5.93. The molecule has 0 fully saturated rings. The Morgan fingerprint density at radius 3 is 2.93 bits per heavy atom. The first-order valence-corrected chi connectivity index (χ1v) is 5.26. The summed E-state index contributed by atoms with van der Waals surface area (Å²) >= 11 is 0. The van der Waals surface area contributed by atoms with Crippen molar-refractivity contribution in [2.45, 2.75) is 12.8 Å². The molecule has 2 aromatic carbocycles. The highest BCUT2D eigenvalue weighted by Gasteiger charge is 2.11. The van der Waals surface area contributed by atoms with Crippen LogP contribution in [0.1, 0.15) is 17.5 Å². The zero-order valence-electron chi connectivity index (χ0n) is 8.40. The molecule has 0 heterocycles. The van der Waals surface area contributed by atoms with Gasteiger partial charge in [-0.2, -0.15) is 0 Å². The van der Waals surface area contributed by atoms with Crippen molar-refractivity contribution in [1.29, 1.82) is 0 Å². The van der Waals surface area contributed by atoms with Gasteiger partial charge in [-0.1, -0.05) is 42.5 Å². The molecule has 0 saturated heterocycles. The van der Waals surface area contributed by atoms with Crippen molar-refractivity contribution >= 4 is 16.8 Å². The molecule has 0 saturated carbocycles. The normalized spacial score (nSPS) is 14.1. The predicted molar refractivity (Wildman–Crippen MR) is 63.0 cm³/mol.